The molecule has 114 valence electrons. The van der Waals surface area contributed by atoms with Gasteiger partial charge in [-0.05, 0) is 6.92 Å². The van der Waals surface area contributed by atoms with Gasteiger partial charge in [0, 0.05) is 45.7 Å². The third-order valence-electron chi connectivity index (χ3n) is 3.90. The number of aliphatic hydroxyl groups is 1. The highest BCUT2D eigenvalue weighted by Crippen LogP contribution is 2.23. The maximum Gasteiger partial charge on any atom is 0.349 e. The van der Waals surface area contributed by atoms with E-state index in [-0.39, 0.29) is 5.69 Å². The van der Waals surface area contributed by atoms with Crippen LogP contribution in [0.5, 0.6) is 0 Å². The van der Waals surface area contributed by atoms with E-state index in [2.05, 4.69) is 15.2 Å². The molecule has 0 amide bonds. The number of aromatic nitrogens is 4. The van der Waals surface area contributed by atoms with Gasteiger partial charge in [-0.3, -0.25) is 0 Å². The van der Waals surface area contributed by atoms with E-state index < -0.39 is 5.60 Å². The highest BCUT2D eigenvalue weighted by atomic mass is 16.5. The van der Waals surface area contributed by atoms with Gasteiger partial charge in [0.1, 0.15) is 11.6 Å². The van der Waals surface area contributed by atoms with Gasteiger partial charge in [0.15, 0.2) is 5.65 Å². The maximum absolute atomic E-state index is 11.6. The van der Waals surface area contributed by atoms with Gasteiger partial charge in [0.2, 0.25) is 0 Å². The summed E-state index contributed by atoms with van der Waals surface area (Å²) in [6, 6.07) is 1.73. The second-order valence-corrected chi connectivity index (χ2v) is 5.58. The number of hydrogen-bond acceptors (Lipinski definition) is 6. The summed E-state index contributed by atoms with van der Waals surface area (Å²) in [5, 5.41) is 16.9. The lowest BCUT2D eigenvalue weighted by atomic mass is 9.94. The fraction of sp³-hybridized carbons (Fsp3) is 0.615. The van der Waals surface area contributed by atoms with Gasteiger partial charge in [-0.25, -0.2) is 19.3 Å². The van der Waals surface area contributed by atoms with Crippen molar-refractivity contribution >= 4 is 11.5 Å². The Hall–Kier alpha value is -1.93. The average molecular weight is 293 g/mol. The molecule has 2 aromatic rings. The largest absolute Gasteiger partial charge is 0.388 e. The van der Waals surface area contributed by atoms with Crippen LogP contribution in [0.4, 0.5) is 5.82 Å². The van der Waals surface area contributed by atoms with Crippen molar-refractivity contribution in [1.82, 2.24) is 19.6 Å². The highest BCUT2D eigenvalue weighted by Gasteiger charge is 2.31. The number of fused-ring (bicyclic) bond motifs is 1. The van der Waals surface area contributed by atoms with E-state index in [0.717, 1.165) is 0 Å². The molecule has 8 nitrogen and oxygen atoms in total. The van der Waals surface area contributed by atoms with E-state index in [9.17, 15) is 9.90 Å². The molecule has 0 radical (unpaired) electrons. The van der Waals surface area contributed by atoms with Crippen LogP contribution in [0.15, 0.2) is 10.9 Å². The quantitative estimate of drug-likeness (QED) is 0.807. The van der Waals surface area contributed by atoms with E-state index in [1.807, 2.05) is 11.9 Å². The van der Waals surface area contributed by atoms with Crippen molar-refractivity contribution in [1.29, 1.82) is 0 Å². The number of hydrogen-bond donors (Lipinski definition) is 2. The molecule has 3 rings (SSSR count). The van der Waals surface area contributed by atoms with Crippen molar-refractivity contribution in [2.45, 2.75) is 25.4 Å². The minimum Gasteiger partial charge on any atom is -0.388 e. The average Bonchev–Trinajstić information content (AvgIpc) is 2.81. The zero-order valence-electron chi connectivity index (χ0n) is 12.2. The van der Waals surface area contributed by atoms with Gasteiger partial charge in [-0.1, -0.05) is 0 Å². The van der Waals surface area contributed by atoms with Crippen LogP contribution in [0.1, 0.15) is 18.7 Å². The summed E-state index contributed by atoms with van der Waals surface area (Å²) in [6.07, 6.45) is 1.22. The molecule has 3 heterocycles. The first-order valence-corrected chi connectivity index (χ1v) is 6.95. The zero-order valence-corrected chi connectivity index (χ0v) is 12.2. The lowest BCUT2D eigenvalue weighted by molar-refractivity contribution is -0.0573. The van der Waals surface area contributed by atoms with E-state index >= 15 is 0 Å². The number of nitrogens with zero attached hydrogens (tertiary/aromatic N) is 4. The Balaban J connectivity index is 1.87. The molecule has 1 aliphatic rings. The minimum atomic E-state index is -0.764. The van der Waals surface area contributed by atoms with E-state index in [1.165, 1.54) is 4.40 Å². The van der Waals surface area contributed by atoms with Crippen LogP contribution in [-0.4, -0.2) is 57.1 Å². The van der Waals surface area contributed by atoms with Crippen molar-refractivity contribution in [2.24, 2.45) is 0 Å². The first kappa shape index (κ1) is 14.0. The molecule has 2 aromatic heterocycles. The number of H-pyrrole nitrogens is 1. The van der Waals surface area contributed by atoms with Crippen molar-refractivity contribution in [3.8, 4) is 0 Å². The van der Waals surface area contributed by atoms with Crippen molar-refractivity contribution in [3.63, 3.8) is 0 Å². The molecule has 0 aliphatic carbocycles. The van der Waals surface area contributed by atoms with Crippen LogP contribution >= 0.6 is 0 Å². The first-order valence-electron chi connectivity index (χ1n) is 6.95. The number of aryl methyl sites for hydroxylation is 1. The molecule has 8 heteroatoms. The van der Waals surface area contributed by atoms with Crippen LogP contribution in [0.3, 0.4) is 0 Å². The molecule has 0 saturated carbocycles. The number of aromatic amines is 1. The fourth-order valence-electron chi connectivity index (χ4n) is 2.71. The molecule has 1 aliphatic heterocycles. The summed E-state index contributed by atoms with van der Waals surface area (Å²) in [7, 11) is 1.87. The Labute approximate surface area is 121 Å². The Bertz CT molecular complexity index is 701. The lowest BCUT2D eigenvalue weighted by Gasteiger charge is -2.35. The van der Waals surface area contributed by atoms with Gasteiger partial charge in [-0.15, -0.1) is 0 Å². The monoisotopic (exact) mass is 293 g/mol. The Morgan fingerprint density at radius 2 is 2.24 bits per heavy atom. The second kappa shape index (κ2) is 5.12. The summed E-state index contributed by atoms with van der Waals surface area (Å²) in [5.41, 5.74) is -0.541. The number of anilines is 1. The van der Waals surface area contributed by atoms with Crippen LogP contribution in [0, 0.1) is 6.92 Å². The van der Waals surface area contributed by atoms with Gasteiger partial charge in [0.05, 0.1) is 5.60 Å². The fourth-order valence-corrected chi connectivity index (χ4v) is 2.71. The minimum absolute atomic E-state index is 0.299. The number of rotatable bonds is 3. The molecule has 1 fully saturated rings. The third kappa shape index (κ3) is 2.64. The summed E-state index contributed by atoms with van der Waals surface area (Å²) < 4.78 is 6.70. The number of ether oxygens (including phenoxy) is 1. The van der Waals surface area contributed by atoms with Gasteiger partial charge >= 0.3 is 5.69 Å². The van der Waals surface area contributed by atoms with Crippen LogP contribution in [-0.2, 0) is 4.74 Å². The topological polar surface area (TPSA) is 95.8 Å². The molecule has 0 aromatic carbocycles. The molecular formula is C13H19N5O3. The Morgan fingerprint density at radius 3 is 2.95 bits per heavy atom. The smallest absolute Gasteiger partial charge is 0.349 e. The zero-order chi connectivity index (χ0) is 15.0. The molecule has 0 bridgehead atoms. The van der Waals surface area contributed by atoms with Crippen molar-refractivity contribution < 1.29 is 9.84 Å². The molecule has 1 saturated heterocycles. The molecule has 2 N–H and O–H groups in total. The van der Waals surface area contributed by atoms with Gasteiger partial charge in [0.25, 0.3) is 0 Å². The van der Waals surface area contributed by atoms with E-state index in [4.69, 9.17) is 4.74 Å². The van der Waals surface area contributed by atoms with Gasteiger partial charge in [-0.2, -0.15) is 5.10 Å². The predicted octanol–water partition coefficient (Wildman–Crippen LogP) is -0.296. The summed E-state index contributed by atoms with van der Waals surface area (Å²) >= 11 is 0. The van der Waals surface area contributed by atoms with Crippen LogP contribution in [0.2, 0.25) is 0 Å². The SMILES string of the molecule is Cc1nc(N(C)CC2(O)CCOCC2)cc2n[nH]c(=O)n12. The third-order valence-corrected chi connectivity index (χ3v) is 3.90. The van der Waals surface area contributed by atoms with Crippen molar-refractivity contribution in [3.05, 3.63) is 22.4 Å². The molecule has 0 spiro atoms. The Kier molecular flexibility index (Phi) is 3.42. The number of nitrogens with one attached hydrogen (secondary N) is 1. The summed E-state index contributed by atoms with van der Waals surface area (Å²) in [5.74, 6) is 1.24. The maximum atomic E-state index is 11.6. The number of likely N-dealkylation sites (N-methyl/N-ethyl adjacent to an activating group) is 1. The van der Waals surface area contributed by atoms with Gasteiger partial charge < -0.3 is 14.7 Å². The van der Waals surface area contributed by atoms with Crippen LogP contribution in [0.25, 0.3) is 5.65 Å². The normalized spacial score (nSPS) is 18.0. The summed E-state index contributed by atoms with van der Waals surface area (Å²) in [6.45, 7) is 3.37. The molecule has 0 unspecified atom stereocenters. The Morgan fingerprint density at radius 1 is 1.52 bits per heavy atom. The standard InChI is InChI=1S/C13H19N5O3/c1-9-14-10(7-11-15-16-12(19)18(9)11)17(2)8-13(20)3-5-21-6-4-13/h7,20H,3-6,8H2,1-2H3,(H,16,19). The van der Waals surface area contributed by atoms with E-state index in [1.54, 1.807) is 13.0 Å². The highest BCUT2D eigenvalue weighted by molar-refractivity contribution is 5.51. The second-order valence-electron chi connectivity index (χ2n) is 5.58. The lowest BCUT2D eigenvalue weighted by Crippen LogP contribution is -2.46. The molecular weight excluding hydrogens is 274 g/mol. The van der Waals surface area contributed by atoms with E-state index in [0.29, 0.717) is 49.9 Å². The first-order chi connectivity index (χ1) is 9.98. The predicted molar refractivity (Wildman–Crippen MR) is 76.6 cm³/mol. The van der Waals surface area contributed by atoms with Crippen molar-refractivity contribution in [2.75, 3.05) is 31.7 Å². The van der Waals surface area contributed by atoms with Crippen LogP contribution < -0.4 is 10.6 Å². The summed E-state index contributed by atoms with van der Waals surface area (Å²) in [4.78, 5) is 17.9. The molecule has 0 atom stereocenters. The molecule has 21 heavy (non-hydrogen) atoms.